The van der Waals surface area contributed by atoms with Crippen LogP contribution in [-0.2, 0) is 4.84 Å². The fraction of sp³-hybridized carbons (Fsp3) is 0.364. The van der Waals surface area contributed by atoms with Gasteiger partial charge in [0.05, 0.1) is 21.3 Å². The SMILES string of the molecule is CC(C)(C)ONC(=O)c1cc(Cl)c(N)c(Cl)c1. The van der Waals surface area contributed by atoms with E-state index in [2.05, 4.69) is 5.48 Å². The molecule has 1 aromatic carbocycles. The molecular formula is C11H14Cl2N2O2. The van der Waals surface area contributed by atoms with E-state index < -0.39 is 11.5 Å². The average molecular weight is 277 g/mol. The molecule has 0 bridgehead atoms. The number of benzene rings is 1. The van der Waals surface area contributed by atoms with Crippen molar-refractivity contribution >= 4 is 34.8 Å². The van der Waals surface area contributed by atoms with Gasteiger partial charge in [-0.3, -0.25) is 9.63 Å². The second-order valence-corrected chi connectivity index (χ2v) is 5.31. The van der Waals surface area contributed by atoms with Gasteiger partial charge in [0.15, 0.2) is 0 Å². The quantitative estimate of drug-likeness (QED) is 0.645. The van der Waals surface area contributed by atoms with Gasteiger partial charge in [-0.25, -0.2) is 5.48 Å². The van der Waals surface area contributed by atoms with Crippen molar-refractivity contribution in [2.75, 3.05) is 5.73 Å². The summed E-state index contributed by atoms with van der Waals surface area (Å²) in [6.45, 7) is 5.45. The number of amides is 1. The molecule has 1 aromatic rings. The molecule has 6 heteroatoms. The van der Waals surface area contributed by atoms with Crippen molar-refractivity contribution in [2.45, 2.75) is 26.4 Å². The first-order chi connectivity index (χ1) is 7.70. The van der Waals surface area contributed by atoms with E-state index in [-0.39, 0.29) is 15.7 Å². The second kappa shape index (κ2) is 5.12. The van der Waals surface area contributed by atoms with E-state index in [1.54, 1.807) is 0 Å². The number of nitrogens with two attached hydrogens (primary N) is 1. The van der Waals surface area contributed by atoms with Crippen molar-refractivity contribution in [3.63, 3.8) is 0 Å². The van der Waals surface area contributed by atoms with Gasteiger partial charge in [-0.1, -0.05) is 23.2 Å². The van der Waals surface area contributed by atoms with Gasteiger partial charge in [0.2, 0.25) is 0 Å². The zero-order chi connectivity index (χ0) is 13.2. The molecule has 0 spiro atoms. The number of rotatable bonds is 2. The Morgan fingerprint density at radius 3 is 2.18 bits per heavy atom. The van der Waals surface area contributed by atoms with Gasteiger partial charge < -0.3 is 5.73 Å². The lowest BCUT2D eigenvalue weighted by Crippen LogP contribution is -2.33. The highest BCUT2D eigenvalue weighted by Crippen LogP contribution is 2.28. The summed E-state index contributed by atoms with van der Waals surface area (Å²) >= 11 is 11.6. The smallest absolute Gasteiger partial charge is 0.274 e. The third kappa shape index (κ3) is 4.07. The van der Waals surface area contributed by atoms with E-state index >= 15 is 0 Å². The van der Waals surface area contributed by atoms with Crippen LogP contribution in [0.5, 0.6) is 0 Å². The summed E-state index contributed by atoms with van der Waals surface area (Å²) < 4.78 is 0. The number of hydrogen-bond donors (Lipinski definition) is 2. The van der Waals surface area contributed by atoms with Crippen LogP contribution in [0.3, 0.4) is 0 Å². The van der Waals surface area contributed by atoms with Crippen LogP contribution in [0.4, 0.5) is 5.69 Å². The number of anilines is 1. The maximum absolute atomic E-state index is 11.7. The Morgan fingerprint density at radius 1 is 1.29 bits per heavy atom. The highest BCUT2D eigenvalue weighted by molar-refractivity contribution is 6.39. The molecule has 0 aliphatic carbocycles. The molecule has 0 saturated heterocycles. The Morgan fingerprint density at radius 2 is 1.76 bits per heavy atom. The van der Waals surface area contributed by atoms with Crippen molar-refractivity contribution in [1.29, 1.82) is 0 Å². The molecule has 4 nitrogen and oxygen atoms in total. The molecule has 0 unspecified atom stereocenters. The minimum Gasteiger partial charge on any atom is -0.396 e. The molecule has 0 aliphatic heterocycles. The van der Waals surface area contributed by atoms with E-state index in [1.165, 1.54) is 12.1 Å². The summed E-state index contributed by atoms with van der Waals surface area (Å²) in [6.07, 6.45) is 0. The Labute approximate surface area is 110 Å². The summed E-state index contributed by atoms with van der Waals surface area (Å²) in [6, 6.07) is 2.87. The Bertz CT molecular complexity index is 419. The van der Waals surface area contributed by atoms with Crippen molar-refractivity contribution < 1.29 is 9.63 Å². The summed E-state index contributed by atoms with van der Waals surface area (Å²) in [5.41, 5.74) is 7.95. The maximum Gasteiger partial charge on any atom is 0.274 e. The monoisotopic (exact) mass is 276 g/mol. The number of carbonyl (C=O) groups is 1. The molecule has 1 rings (SSSR count). The van der Waals surface area contributed by atoms with E-state index in [1.807, 2.05) is 20.8 Å². The topological polar surface area (TPSA) is 64.3 Å². The summed E-state index contributed by atoms with van der Waals surface area (Å²) in [4.78, 5) is 16.9. The normalized spacial score (nSPS) is 11.4. The number of nitrogens with one attached hydrogen (secondary N) is 1. The maximum atomic E-state index is 11.7. The zero-order valence-corrected chi connectivity index (χ0v) is 11.3. The first-order valence-electron chi connectivity index (χ1n) is 4.93. The minimum atomic E-state index is -0.475. The van der Waals surface area contributed by atoms with Gasteiger partial charge in [-0.05, 0) is 32.9 Å². The number of halogens is 2. The first-order valence-corrected chi connectivity index (χ1v) is 5.69. The lowest BCUT2D eigenvalue weighted by molar-refractivity contribution is -0.0589. The van der Waals surface area contributed by atoms with Crippen LogP contribution in [0.15, 0.2) is 12.1 Å². The molecule has 0 radical (unpaired) electrons. The second-order valence-electron chi connectivity index (χ2n) is 4.50. The largest absolute Gasteiger partial charge is 0.396 e. The average Bonchev–Trinajstić information content (AvgIpc) is 2.20. The van der Waals surface area contributed by atoms with Gasteiger partial charge in [-0.2, -0.15) is 0 Å². The highest BCUT2D eigenvalue weighted by Gasteiger charge is 2.15. The first kappa shape index (κ1) is 14.1. The van der Waals surface area contributed by atoms with Crippen LogP contribution < -0.4 is 11.2 Å². The molecule has 94 valence electrons. The van der Waals surface area contributed by atoms with Crippen LogP contribution >= 0.6 is 23.2 Å². The molecule has 17 heavy (non-hydrogen) atoms. The Hall–Kier alpha value is -0.970. The number of hydroxylamine groups is 1. The number of hydrogen-bond acceptors (Lipinski definition) is 3. The number of carbonyl (C=O) groups excluding carboxylic acids is 1. The van der Waals surface area contributed by atoms with Crippen molar-refractivity contribution in [3.8, 4) is 0 Å². The summed E-state index contributed by atoms with van der Waals surface area (Å²) in [5.74, 6) is -0.427. The lowest BCUT2D eigenvalue weighted by Gasteiger charge is -2.19. The van der Waals surface area contributed by atoms with E-state index in [9.17, 15) is 4.79 Å². The van der Waals surface area contributed by atoms with E-state index in [0.29, 0.717) is 5.56 Å². The molecule has 1 amide bonds. The molecule has 0 fully saturated rings. The third-order valence-electron chi connectivity index (χ3n) is 1.79. The van der Waals surface area contributed by atoms with E-state index in [4.69, 9.17) is 33.8 Å². The molecule has 0 heterocycles. The van der Waals surface area contributed by atoms with Crippen LogP contribution in [-0.4, -0.2) is 11.5 Å². The lowest BCUT2D eigenvalue weighted by atomic mass is 10.2. The van der Waals surface area contributed by atoms with Gasteiger partial charge in [-0.15, -0.1) is 0 Å². The summed E-state index contributed by atoms with van der Waals surface area (Å²) in [5, 5.41) is 0.469. The van der Waals surface area contributed by atoms with Gasteiger partial charge in [0.1, 0.15) is 0 Å². The molecular weight excluding hydrogens is 263 g/mol. The predicted molar refractivity (Wildman–Crippen MR) is 69.2 cm³/mol. The van der Waals surface area contributed by atoms with Crippen molar-refractivity contribution in [1.82, 2.24) is 5.48 Å². The van der Waals surface area contributed by atoms with Gasteiger partial charge in [0, 0.05) is 5.56 Å². The molecule has 0 saturated carbocycles. The third-order valence-corrected chi connectivity index (χ3v) is 2.42. The van der Waals surface area contributed by atoms with Gasteiger partial charge in [0.25, 0.3) is 5.91 Å². The Kier molecular flexibility index (Phi) is 4.25. The fourth-order valence-corrected chi connectivity index (χ4v) is 1.46. The van der Waals surface area contributed by atoms with E-state index in [0.717, 1.165) is 0 Å². The highest BCUT2D eigenvalue weighted by atomic mass is 35.5. The van der Waals surface area contributed by atoms with Crippen LogP contribution in [0, 0.1) is 0 Å². The summed E-state index contributed by atoms with van der Waals surface area (Å²) in [7, 11) is 0. The number of nitrogen functional groups attached to an aromatic ring is 1. The minimum absolute atomic E-state index is 0.235. The van der Waals surface area contributed by atoms with Crippen molar-refractivity contribution in [3.05, 3.63) is 27.7 Å². The fourth-order valence-electron chi connectivity index (χ4n) is 0.974. The molecule has 3 N–H and O–H groups in total. The molecule has 0 aromatic heterocycles. The van der Waals surface area contributed by atoms with Crippen LogP contribution in [0.2, 0.25) is 10.0 Å². The van der Waals surface area contributed by atoms with Crippen LogP contribution in [0.25, 0.3) is 0 Å². The Balaban J connectivity index is 2.84. The van der Waals surface area contributed by atoms with Crippen molar-refractivity contribution in [2.24, 2.45) is 0 Å². The standard InChI is InChI=1S/C11H14Cl2N2O2/c1-11(2,3)17-15-10(16)6-4-7(12)9(14)8(13)5-6/h4-5H,14H2,1-3H3,(H,15,16). The zero-order valence-electron chi connectivity index (χ0n) is 9.80. The predicted octanol–water partition coefficient (Wildman–Crippen LogP) is 3.04. The van der Waals surface area contributed by atoms with Crippen LogP contribution in [0.1, 0.15) is 31.1 Å². The van der Waals surface area contributed by atoms with Gasteiger partial charge >= 0.3 is 0 Å². The molecule has 0 atom stereocenters. The molecule has 0 aliphatic rings.